The summed E-state index contributed by atoms with van der Waals surface area (Å²) in [5.41, 5.74) is 3.59. The van der Waals surface area contributed by atoms with Crippen LogP contribution in [0.4, 0.5) is 5.69 Å². The number of anilines is 1. The first-order chi connectivity index (χ1) is 20.2. The molecule has 0 spiro atoms. The number of aliphatic hydroxyl groups excluding tert-OH is 1. The van der Waals surface area contributed by atoms with Crippen molar-refractivity contribution in [3.63, 3.8) is 0 Å². The number of aryl methyl sites for hydroxylation is 1. The molecule has 10 nitrogen and oxygen atoms in total. The minimum Gasteiger partial charge on any atom is -0.491 e. The van der Waals surface area contributed by atoms with E-state index in [9.17, 15) is 18.3 Å². The van der Waals surface area contributed by atoms with Crippen molar-refractivity contribution in [2.75, 3.05) is 37.3 Å². The lowest BCUT2D eigenvalue weighted by atomic mass is 9.88. The van der Waals surface area contributed by atoms with E-state index in [0.29, 0.717) is 30.4 Å². The van der Waals surface area contributed by atoms with Crippen molar-refractivity contribution < 1.29 is 37.3 Å². The predicted octanol–water partition coefficient (Wildman–Crippen LogP) is 3.47. The van der Waals surface area contributed by atoms with Crippen LogP contribution in [-0.4, -0.2) is 64.3 Å². The summed E-state index contributed by atoms with van der Waals surface area (Å²) in [6, 6.07) is 20.4. The Hall–Kier alpha value is -3.80. The highest BCUT2D eigenvalue weighted by atomic mass is 32.2. The van der Waals surface area contributed by atoms with E-state index in [1.807, 2.05) is 48.5 Å². The number of nitrogens with one attached hydrogen (secondary N) is 2. The van der Waals surface area contributed by atoms with Gasteiger partial charge in [0.05, 0.1) is 18.6 Å². The van der Waals surface area contributed by atoms with Crippen LogP contribution in [0, 0.1) is 0 Å². The molecular weight excluding hydrogens is 560 g/mol. The van der Waals surface area contributed by atoms with E-state index in [4.69, 9.17) is 18.9 Å². The number of ether oxygens (including phenoxy) is 4. The Labute approximate surface area is 247 Å². The van der Waals surface area contributed by atoms with E-state index in [-0.39, 0.29) is 31.5 Å². The first-order valence-corrected chi connectivity index (χ1v) is 15.8. The summed E-state index contributed by atoms with van der Waals surface area (Å²) in [5.74, 6) is 0.985. The Kier molecular flexibility index (Phi) is 11.0. The molecule has 0 bridgehead atoms. The Morgan fingerprint density at radius 2 is 1.76 bits per heavy atom. The molecule has 0 radical (unpaired) electrons. The van der Waals surface area contributed by atoms with E-state index >= 15 is 0 Å². The van der Waals surface area contributed by atoms with E-state index in [2.05, 4.69) is 10.0 Å². The molecule has 0 heterocycles. The number of hydrogen-bond donors (Lipinski definition) is 3. The summed E-state index contributed by atoms with van der Waals surface area (Å²) < 4.78 is 48.5. The quantitative estimate of drug-likeness (QED) is 0.225. The Morgan fingerprint density at radius 3 is 2.52 bits per heavy atom. The fourth-order valence-corrected chi connectivity index (χ4v) is 5.19. The lowest BCUT2D eigenvalue weighted by molar-refractivity contribution is -0.145. The van der Waals surface area contributed by atoms with Gasteiger partial charge in [-0.3, -0.25) is 4.72 Å². The first kappa shape index (κ1) is 31.1. The Balaban J connectivity index is 1.27. The summed E-state index contributed by atoms with van der Waals surface area (Å²) in [5, 5.41) is 14.0. The van der Waals surface area contributed by atoms with E-state index < -0.39 is 22.1 Å². The van der Waals surface area contributed by atoms with E-state index in [1.54, 1.807) is 25.1 Å². The molecule has 0 saturated carbocycles. The number of sulfonamides is 1. The lowest BCUT2D eigenvalue weighted by Gasteiger charge is -2.27. The second-order valence-electron chi connectivity index (χ2n) is 10.1. The number of aliphatic hydroxyl groups is 1. The fraction of sp³-hybridized carbons (Fsp3) is 0.387. The van der Waals surface area contributed by atoms with E-state index in [1.165, 1.54) is 5.56 Å². The highest BCUT2D eigenvalue weighted by Gasteiger charge is 2.20. The maximum Gasteiger partial charge on any atom is 0.344 e. The monoisotopic (exact) mass is 598 g/mol. The summed E-state index contributed by atoms with van der Waals surface area (Å²) in [6.45, 7) is 2.56. The van der Waals surface area contributed by atoms with Gasteiger partial charge in [0, 0.05) is 18.7 Å². The van der Waals surface area contributed by atoms with Gasteiger partial charge in [0.2, 0.25) is 10.0 Å². The number of rotatable bonds is 15. The maximum absolute atomic E-state index is 11.9. The van der Waals surface area contributed by atoms with Crippen molar-refractivity contribution in [3.8, 4) is 17.2 Å². The van der Waals surface area contributed by atoms with Crippen molar-refractivity contribution in [1.29, 1.82) is 0 Å². The van der Waals surface area contributed by atoms with Crippen molar-refractivity contribution in [3.05, 3.63) is 83.4 Å². The number of carbonyl (C=O) groups excluding carboxylic acids is 1. The summed E-state index contributed by atoms with van der Waals surface area (Å²) >= 11 is 0. The highest BCUT2D eigenvalue weighted by molar-refractivity contribution is 7.92. The minimum atomic E-state index is -3.56. The molecule has 4 rings (SSSR count). The topological polar surface area (TPSA) is 132 Å². The molecule has 2 atom stereocenters. The third-order valence-electron chi connectivity index (χ3n) is 6.64. The molecule has 42 heavy (non-hydrogen) atoms. The predicted molar refractivity (Wildman–Crippen MR) is 160 cm³/mol. The van der Waals surface area contributed by atoms with Crippen LogP contribution in [0.25, 0.3) is 0 Å². The molecule has 2 unspecified atom stereocenters. The van der Waals surface area contributed by atoms with Crippen LogP contribution in [0.2, 0.25) is 0 Å². The minimum absolute atomic E-state index is 0.0185. The van der Waals surface area contributed by atoms with Gasteiger partial charge in [0.1, 0.15) is 36.6 Å². The van der Waals surface area contributed by atoms with Crippen molar-refractivity contribution >= 4 is 21.7 Å². The smallest absolute Gasteiger partial charge is 0.344 e. The van der Waals surface area contributed by atoms with E-state index in [0.717, 1.165) is 36.6 Å². The summed E-state index contributed by atoms with van der Waals surface area (Å²) in [4.78, 5) is 11.6. The van der Waals surface area contributed by atoms with Gasteiger partial charge in [-0.05, 0) is 67.1 Å². The van der Waals surface area contributed by atoms with Gasteiger partial charge in [-0.25, -0.2) is 13.2 Å². The van der Waals surface area contributed by atoms with Gasteiger partial charge < -0.3 is 29.4 Å². The second-order valence-corrected chi connectivity index (χ2v) is 11.9. The molecule has 0 saturated heterocycles. The van der Waals surface area contributed by atoms with Crippen molar-refractivity contribution in [1.82, 2.24) is 5.32 Å². The number of hydrogen-bond acceptors (Lipinski definition) is 9. The molecule has 3 aromatic rings. The molecule has 0 aliphatic heterocycles. The van der Waals surface area contributed by atoms with Crippen LogP contribution in [0.15, 0.2) is 66.7 Å². The maximum atomic E-state index is 11.9. The Morgan fingerprint density at radius 1 is 1.00 bits per heavy atom. The number of fused-ring (bicyclic) bond motifs is 1. The Bertz CT molecular complexity index is 1430. The van der Waals surface area contributed by atoms with Gasteiger partial charge in [-0.15, -0.1) is 0 Å². The zero-order valence-electron chi connectivity index (χ0n) is 23.9. The molecule has 0 aromatic heterocycles. The fourth-order valence-electron chi connectivity index (χ4n) is 4.64. The van der Waals surface area contributed by atoms with Gasteiger partial charge >= 0.3 is 5.97 Å². The van der Waals surface area contributed by atoms with Gasteiger partial charge in [0.15, 0.2) is 6.61 Å². The molecule has 1 aliphatic carbocycles. The molecule has 3 N–H and O–H groups in total. The SMILES string of the molecule is CCOC(=O)COc1ccc2c(c1)CC(NCC(O)COc1ccc(OCc3ccccc3)c(NS(C)(=O)=O)c1)CC2. The zero-order valence-corrected chi connectivity index (χ0v) is 24.7. The molecule has 11 heteroatoms. The summed E-state index contributed by atoms with van der Waals surface area (Å²) in [6.07, 6.45) is 2.87. The number of benzene rings is 3. The van der Waals surface area contributed by atoms with Crippen LogP contribution in [-0.2, 0) is 39.0 Å². The van der Waals surface area contributed by atoms with Gasteiger partial charge in [-0.2, -0.15) is 0 Å². The standard InChI is InChI=1S/C31H38N2O8S/c1-3-38-31(35)21-40-27-12-10-23-9-11-25(15-24(23)16-27)32-18-26(34)20-39-28-13-14-30(29(17-28)33-42(2,36)37)41-19-22-7-5-4-6-8-22/h4-8,10,12-14,16-17,25-26,32-34H,3,9,11,15,18-21H2,1-2H3. The molecular formula is C31H38N2O8S. The van der Waals surface area contributed by atoms with Crippen LogP contribution in [0.3, 0.4) is 0 Å². The molecule has 226 valence electrons. The lowest BCUT2D eigenvalue weighted by Crippen LogP contribution is -2.40. The van der Waals surface area contributed by atoms with Gasteiger partial charge in [0.25, 0.3) is 0 Å². The van der Waals surface area contributed by atoms with Crippen LogP contribution in [0.1, 0.15) is 30.0 Å². The molecule has 0 fully saturated rings. The van der Waals surface area contributed by atoms with Gasteiger partial charge in [-0.1, -0.05) is 36.4 Å². The third kappa shape index (κ3) is 9.93. The molecule has 0 amide bonds. The van der Waals surface area contributed by atoms with Crippen LogP contribution < -0.4 is 24.2 Å². The molecule has 3 aromatic carbocycles. The van der Waals surface area contributed by atoms with Crippen LogP contribution in [0.5, 0.6) is 17.2 Å². The highest BCUT2D eigenvalue weighted by Crippen LogP contribution is 2.31. The van der Waals surface area contributed by atoms with Crippen molar-refractivity contribution in [2.24, 2.45) is 0 Å². The number of esters is 1. The first-order valence-electron chi connectivity index (χ1n) is 13.9. The normalized spacial score (nSPS) is 15.3. The average molecular weight is 599 g/mol. The average Bonchev–Trinajstić information content (AvgIpc) is 2.97. The largest absolute Gasteiger partial charge is 0.491 e. The van der Waals surface area contributed by atoms with Crippen LogP contribution >= 0.6 is 0 Å². The molecule has 1 aliphatic rings. The number of carbonyl (C=O) groups is 1. The third-order valence-corrected chi connectivity index (χ3v) is 7.23. The van der Waals surface area contributed by atoms with Crippen molar-refractivity contribution in [2.45, 2.75) is 44.9 Å². The second kappa shape index (κ2) is 14.9. The summed E-state index contributed by atoms with van der Waals surface area (Å²) in [7, 11) is -3.56. The zero-order chi connectivity index (χ0) is 30.0.